The predicted octanol–water partition coefficient (Wildman–Crippen LogP) is 3.03. The quantitative estimate of drug-likeness (QED) is 0.814. The van der Waals surface area contributed by atoms with Gasteiger partial charge in [0.1, 0.15) is 5.82 Å². The third kappa shape index (κ3) is 4.29. The van der Waals surface area contributed by atoms with Crippen LogP contribution in [0.15, 0.2) is 24.3 Å². The number of benzene rings is 1. The average Bonchev–Trinajstić information content (AvgIpc) is 3.21. The number of rotatable bonds is 7. The van der Waals surface area contributed by atoms with Gasteiger partial charge in [0.2, 0.25) is 0 Å². The van der Waals surface area contributed by atoms with Crippen LogP contribution in [0.25, 0.3) is 0 Å². The third-order valence-electron chi connectivity index (χ3n) is 4.20. The van der Waals surface area contributed by atoms with Crippen molar-refractivity contribution in [1.82, 2.24) is 10.2 Å². The number of hydrogen-bond donors (Lipinski definition) is 1. The molecular formula is C16H25FN2. The van der Waals surface area contributed by atoms with E-state index < -0.39 is 0 Å². The van der Waals surface area contributed by atoms with Gasteiger partial charge in [-0.05, 0) is 45.3 Å². The Labute approximate surface area is 116 Å². The summed E-state index contributed by atoms with van der Waals surface area (Å²) in [6.07, 6.45) is 2.65. The molecule has 0 aliphatic heterocycles. The van der Waals surface area contributed by atoms with E-state index in [1.165, 1.54) is 18.9 Å². The highest BCUT2D eigenvalue weighted by atomic mass is 19.1. The van der Waals surface area contributed by atoms with Crippen LogP contribution in [0.4, 0.5) is 4.39 Å². The lowest BCUT2D eigenvalue weighted by Gasteiger charge is -2.30. The first-order valence-electron chi connectivity index (χ1n) is 7.25. The van der Waals surface area contributed by atoms with Gasteiger partial charge in [-0.2, -0.15) is 0 Å². The minimum absolute atomic E-state index is 0.106. The molecule has 2 rings (SSSR count). The second kappa shape index (κ2) is 6.49. The van der Waals surface area contributed by atoms with Crippen LogP contribution in [0, 0.1) is 11.7 Å². The van der Waals surface area contributed by atoms with Gasteiger partial charge in [0.05, 0.1) is 0 Å². The molecule has 19 heavy (non-hydrogen) atoms. The normalized spacial score (nSPS) is 18.6. The van der Waals surface area contributed by atoms with Crippen molar-refractivity contribution in [2.24, 2.45) is 5.92 Å². The van der Waals surface area contributed by atoms with Crippen molar-refractivity contribution in [3.8, 4) is 0 Å². The number of halogens is 1. The standard InChI is InChI=1S/C16H25FN2/c1-12(10-18-15-8-9-15)13(2)19(3)11-14-6-4-5-7-16(14)17/h4-7,12-13,15,18H,8-11H2,1-3H3. The van der Waals surface area contributed by atoms with Gasteiger partial charge in [-0.15, -0.1) is 0 Å². The minimum Gasteiger partial charge on any atom is -0.314 e. The Kier molecular flexibility index (Phi) is 4.94. The maximum Gasteiger partial charge on any atom is 0.127 e. The molecule has 1 aromatic rings. The van der Waals surface area contributed by atoms with Crippen LogP contribution in [-0.2, 0) is 6.54 Å². The number of nitrogens with zero attached hydrogens (tertiary/aromatic N) is 1. The molecular weight excluding hydrogens is 239 g/mol. The van der Waals surface area contributed by atoms with E-state index in [9.17, 15) is 4.39 Å². The molecule has 0 heterocycles. The molecule has 1 N–H and O–H groups in total. The zero-order chi connectivity index (χ0) is 13.8. The van der Waals surface area contributed by atoms with Crippen LogP contribution < -0.4 is 5.32 Å². The largest absolute Gasteiger partial charge is 0.314 e. The van der Waals surface area contributed by atoms with Crippen molar-refractivity contribution in [2.75, 3.05) is 13.6 Å². The van der Waals surface area contributed by atoms with E-state index in [0.717, 1.165) is 18.2 Å². The van der Waals surface area contributed by atoms with Crippen LogP contribution in [0.2, 0.25) is 0 Å². The molecule has 1 aliphatic carbocycles. The molecule has 0 saturated heterocycles. The summed E-state index contributed by atoms with van der Waals surface area (Å²) in [5.74, 6) is 0.461. The lowest BCUT2D eigenvalue weighted by atomic mass is 10.0. The predicted molar refractivity (Wildman–Crippen MR) is 77.5 cm³/mol. The lowest BCUT2D eigenvalue weighted by molar-refractivity contribution is 0.186. The molecule has 0 bridgehead atoms. The molecule has 0 aromatic heterocycles. The van der Waals surface area contributed by atoms with E-state index in [2.05, 4.69) is 31.1 Å². The summed E-state index contributed by atoms with van der Waals surface area (Å²) in [5, 5.41) is 3.57. The first-order valence-corrected chi connectivity index (χ1v) is 7.25. The van der Waals surface area contributed by atoms with E-state index >= 15 is 0 Å². The summed E-state index contributed by atoms with van der Waals surface area (Å²) in [7, 11) is 2.07. The fraction of sp³-hybridized carbons (Fsp3) is 0.625. The van der Waals surface area contributed by atoms with E-state index in [1.807, 2.05) is 12.1 Å². The van der Waals surface area contributed by atoms with E-state index in [0.29, 0.717) is 18.5 Å². The smallest absolute Gasteiger partial charge is 0.127 e. The van der Waals surface area contributed by atoms with E-state index in [1.54, 1.807) is 6.07 Å². The fourth-order valence-electron chi connectivity index (χ4n) is 2.28. The Morgan fingerprint density at radius 1 is 1.32 bits per heavy atom. The molecule has 0 spiro atoms. The van der Waals surface area contributed by atoms with Crippen molar-refractivity contribution in [1.29, 1.82) is 0 Å². The van der Waals surface area contributed by atoms with Crippen molar-refractivity contribution in [3.05, 3.63) is 35.6 Å². The Morgan fingerprint density at radius 2 is 2.00 bits per heavy atom. The van der Waals surface area contributed by atoms with Gasteiger partial charge in [0.15, 0.2) is 0 Å². The Bertz CT molecular complexity index is 403. The summed E-state index contributed by atoms with van der Waals surface area (Å²) < 4.78 is 13.6. The highest BCUT2D eigenvalue weighted by Gasteiger charge is 2.23. The van der Waals surface area contributed by atoms with Crippen LogP contribution in [0.1, 0.15) is 32.3 Å². The van der Waals surface area contributed by atoms with Gasteiger partial charge >= 0.3 is 0 Å². The summed E-state index contributed by atoms with van der Waals surface area (Å²) >= 11 is 0. The highest BCUT2D eigenvalue weighted by molar-refractivity contribution is 5.17. The Morgan fingerprint density at radius 3 is 2.63 bits per heavy atom. The van der Waals surface area contributed by atoms with E-state index in [-0.39, 0.29) is 5.82 Å². The van der Waals surface area contributed by atoms with Crippen LogP contribution >= 0.6 is 0 Å². The summed E-state index contributed by atoms with van der Waals surface area (Å²) in [4.78, 5) is 2.23. The molecule has 2 unspecified atom stereocenters. The Hall–Kier alpha value is -0.930. The molecule has 2 nitrogen and oxygen atoms in total. The first kappa shape index (κ1) is 14.5. The van der Waals surface area contributed by atoms with Gasteiger partial charge in [-0.1, -0.05) is 25.1 Å². The van der Waals surface area contributed by atoms with Gasteiger partial charge in [-0.25, -0.2) is 4.39 Å². The van der Waals surface area contributed by atoms with Crippen LogP contribution in [-0.4, -0.2) is 30.6 Å². The molecule has 1 saturated carbocycles. The number of nitrogens with one attached hydrogen (secondary N) is 1. The molecule has 2 atom stereocenters. The maximum absolute atomic E-state index is 13.6. The molecule has 0 amide bonds. The molecule has 1 aromatic carbocycles. The topological polar surface area (TPSA) is 15.3 Å². The first-order chi connectivity index (χ1) is 9.08. The van der Waals surface area contributed by atoms with Gasteiger partial charge in [-0.3, -0.25) is 4.90 Å². The Balaban J connectivity index is 1.83. The molecule has 1 aliphatic rings. The zero-order valence-corrected chi connectivity index (χ0v) is 12.2. The second-order valence-corrected chi connectivity index (χ2v) is 5.91. The lowest BCUT2D eigenvalue weighted by Crippen LogP contribution is -2.39. The van der Waals surface area contributed by atoms with Crippen molar-refractivity contribution >= 4 is 0 Å². The van der Waals surface area contributed by atoms with Crippen molar-refractivity contribution < 1.29 is 4.39 Å². The fourth-order valence-corrected chi connectivity index (χ4v) is 2.28. The monoisotopic (exact) mass is 264 g/mol. The number of hydrogen-bond acceptors (Lipinski definition) is 2. The SMILES string of the molecule is CC(CNC1CC1)C(C)N(C)Cc1ccccc1F. The highest BCUT2D eigenvalue weighted by Crippen LogP contribution is 2.20. The van der Waals surface area contributed by atoms with Crippen LogP contribution in [0.3, 0.4) is 0 Å². The summed E-state index contributed by atoms with van der Waals surface area (Å²) in [5.41, 5.74) is 0.777. The molecule has 1 fully saturated rings. The summed E-state index contributed by atoms with van der Waals surface area (Å²) in [6.45, 7) is 6.20. The maximum atomic E-state index is 13.6. The van der Waals surface area contributed by atoms with Gasteiger partial charge < -0.3 is 5.32 Å². The zero-order valence-electron chi connectivity index (χ0n) is 12.2. The van der Waals surface area contributed by atoms with Crippen molar-refractivity contribution in [2.45, 2.75) is 45.3 Å². The second-order valence-electron chi connectivity index (χ2n) is 5.91. The van der Waals surface area contributed by atoms with Gasteiger partial charge in [0.25, 0.3) is 0 Å². The van der Waals surface area contributed by atoms with Crippen LogP contribution in [0.5, 0.6) is 0 Å². The van der Waals surface area contributed by atoms with Gasteiger partial charge in [0, 0.05) is 24.2 Å². The molecule has 0 radical (unpaired) electrons. The third-order valence-corrected chi connectivity index (χ3v) is 4.20. The summed E-state index contributed by atoms with van der Waals surface area (Å²) in [6, 6.07) is 8.23. The molecule has 106 valence electrons. The van der Waals surface area contributed by atoms with E-state index in [4.69, 9.17) is 0 Å². The van der Waals surface area contributed by atoms with Crippen molar-refractivity contribution in [3.63, 3.8) is 0 Å². The average molecular weight is 264 g/mol. The molecule has 3 heteroatoms. The minimum atomic E-state index is -0.106.